The minimum Gasteiger partial charge on any atom is -0.384 e. The maximum absolute atomic E-state index is 5.95. The maximum Gasteiger partial charge on any atom is 0.0820 e. The molecule has 15 heavy (non-hydrogen) atoms. The lowest BCUT2D eigenvalue weighted by molar-refractivity contribution is 0.572. The first-order valence-corrected chi connectivity index (χ1v) is 6.04. The van der Waals surface area contributed by atoms with Crippen molar-refractivity contribution in [3.63, 3.8) is 0 Å². The highest BCUT2D eigenvalue weighted by molar-refractivity contribution is 6.33. The van der Waals surface area contributed by atoms with Crippen LogP contribution in [0.4, 0.5) is 5.69 Å². The van der Waals surface area contributed by atoms with Crippen molar-refractivity contribution in [1.29, 1.82) is 0 Å². The molecule has 0 fully saturated rings. The fraction of sp³-hybridized carbons (Fsp3) is 0.545. The van der Waals surface area contributed by atoms with E-state index >= 15 is 0 Å². The van der Waals surface area contributed by atoms with Gasteiger partial charge in [-0.1, -0.05) is 18.5 Å². The lowest BCUT2D eigenvalue weighted by Gasteiger charge is -2.09. The van der Waals surface area contributed by atoms with Gasteiger partial charge in [-0.05, 0) is 24.8 Å². The summed E-state index contributed by atoms with van der Waals surface area (Å²) in [5.41, 5.74) is 0.949. The van der Waals surface area contributed by atoms with Crippen molar-refractivity contribution in [3.05, 3.63) is 23.5 Å². The molecule has 1 atom stereocenters. The first kappa shape index (κ1) is 12.6. The Hall–Kier alpha value is -0.470. The molecule has 2 nitrogen and oxygen atoms in total. The molecule has 1 aromatic rings. The molecule has 0 aliphatic heterocycles. The fourth-order valence-corrected chi connectivity index (χ4v) is 1.61. The third-order valence-corrected chi connectivity index (χ3v) is 3.05. The van der Waals surface area contributed by atoms with Crippen LogP contribution in [-0.2, 0) is 0 Å². The number of rotatable bonds is 6. The van der Waals surface area contributed by atoms with Gasteiger partial charge in [-0.15, -0.1) is 11.6 Å². The standard InChI is InChI=1S/C11H16Cl2N2/c1-9(7-12)3-2-5-15-11-4-6-14-8-10(11)13/h4,6,8-9H,2-3,5,7H2,1H3,(H,14,15). The third kappa shape index (κ3) is 4.72. The summed E-state index contributed by atoms with van der Waals surface area (Å²) in [5, 5.41) is 3.95. The molecule has 1 unspecified atom stereocenters. The normalized spacial score (nSPS) is 12.5. The van der Waals surface area contributed by atoms with Gasteiger partial charge in [0.25, 0.3) is 0 Å². The van der Waals surface area contributed by atoms with Gasteiger partial charge in [0.1, 0.15) is 0 Å². The molecular formula is C11H16Cl2N2. The number of aromatic nitrogens is 1. The summed E-state index contributed by atoms with van der Waals surface area (Å²) in [6.07, 6.45) is 5.62. The quantitative estimate of drug-likeness (QED) is 0.610. The lowest BCUT2D eigenvalue weighted by Crippen LogP contribution is -2.05. The highest BCUT2D eigenvalue weighted by Gasteiger charge is 2.00. The van der Waals surface area contributed by atoms with Crippen molar-refractivity contribution >= 4 is 28.9 Å². The lowest BCUT2D eigenvalue weighted by atomic mass is 10.1. The van der Waals surface area contributed by atoms with E-state index in [4.69, 9.17) is 23.2 Å². The first-order chi connectivity index (χ1) is 7.24. The van der Waals surface area contributed by atoms with Crippen LogP contribution in [0.25, 0.3) is 0 Å². The average molecular weight is 247 g/mol. The molecule has 0 aliphatic rings. The van der Waals surface area contributed by atoms with Crippen LogP contribution in [0, 0.1) is 5.92 Å². The molecule has 1 heterocycles. The Kier molecular flexibility index (Phi) is 5.81. The zero-order chi connectivity index (χ0) is 11.1. The van der Waals surface area contributed by atoms with E-state index in [1.807, 2.05) is 6.07 Å². The van der Waals surface area contributed by atoms with Crippen LogP contribution in [0.1, 0.15) is 19.8 Å². The van der Waals surface area contributed by atoms with E-state index in [1.54, 1.807) is 12.4 Å². The second kappa shape index (κ2) is 6.91. The molecule has 0 amide bonds. The highest BCUT2D eigenvalue weighted by atomic mass is 35.5. The number of alkyl halides is 1. The summed E-state index contributed by atoms with van der Waals surface area (Å²) < 4.78 is 0. The van der Waals surface area contributed by atoms with E-state index in [2.05, 4.69) is 17.2 Å². The van der Waals surface area contributed by atoms with Crippen molar-refractivity contribution in [1.82, 2.24) is 4.98 Å². The summed E-state index contributed by atoms with van der Waals surface area (Å²) >= 11 is 11.7. The Balaban J connectivity index is 2.23. The van der Waals surface area contributed by atoms with E-state index in [-0.39, 0.29) is 0 Å². The zero-order valence-corrected chi connectivity index (χ0v) is 10.4. The molecule has 1 N–H and O–H groups in total. The number of pyridine rings is 1. The van der Waals surface area contributed by atoms with Gasteiger partial charge >= 0.3 is 0 Å². The molecule has 0 saturated heterocycles. The van der Waals surface area contributed by atoms with Gasteiger partial charge in [0.15, 0.2) is 0 Å². The summed E-state index contributed by atoms with van der Waals surface area (Å²) in [5.74, 6) is 1.32. The van der Waals surface area contributed by atoms with Crippen LogP contribution < -0.4 is 5.32 Å². The van der Waals surface area contributed by atoms with E-state index in [9.17, 15) is 0 Å². The van der Waals surface area contributed by atoms with Gasteiger partial charge in [0.2, 0.25) is 0 Å². The molecule has 0 bridgehead atoms. The molecule has 0 spiro atoms. The average Bonchev–Trinajstić information content (AvgIpc) is 2.26. The van der Waals surface area contributed by atoms with Gasteiger partial charge in [0.05, 0.1) is 10.7 Å². The van der Waals surface area contributed by atoms with Gasteiger partial charge in [-0.3, -0.25) is 4.98 Å². The number of halogens is 2. The van der Waals surface area contributed by atoms with Crippen LogP contribution in [0.3, 0.4) is 0 Å². The van der Waals surface area contributed by atoms with Gasteiger partial charge in [0, 0.05) is 24.8 Å². The molecule has 1 rings (SSSR count). The Morgan fingerprint density at radius 1 is 1.53 bits per heavy atom. The molecule has 4 heteroatoms. The largest absolute Gasteiger partial charge is 0.384 e. The minimum atomic E-state index is 0.585. The third-order valence-electron chi connectivity index (χ3n) is 2.23. The molecule has 0 aromatic carbocycles. The second-order valence-corrected chi connectivity index (χ2v) is 4.40. The zero-order valence-electron chi connectivity index (χ0n) is 8.84. The predicted molar refractivity (Wildman–Crippen MR) is 66.9 cm³/mol. The minimum absolute atomic E-state index is 0.585. The number of nitrogens with one attached hydrogen (secondary N) is 1. The van der Waals surface area contributed by atoms with E-state index in [0.29, 0.717) is 10.9 Å². The Labute approximate surface area is 101 Å². The summed E-state index contributed by atoms with van der Waals surface area (Å²) in [4.78, 5) is 3.93. The Bertz CT molecular complexity index is 292. The van der Waals surface area contributed by atoms with Crippen molar-refractivity contribution in [2.24, 2.45) is 5.92 Å². The maximum atomic E-state index is 5.95. The molecular weight excluding hydrogens is 231 g/mol. The topological polar surface area (TPSA) is 24.9 Å². The van der Waals surface area contributed by atoms with Crippen LogP contribution in [0.5, 0.6) is 0 Å². The smallest absolute Gasteiger partial charge is 0.0820 e. The SMILES string of the molecule is CC(CCl)CCCNc1ccncc1Cl. The predicted octanol–water partition coefficient (Wildman–Crippen LogP) is 3.80. The molecule has 0 aliphatic carbocycles. The number of nitrogens with zero attached hydrogens (tertiary/aromatic N) is 1. The molecule has 0 radical (unpaired) electrons. The van der Waals surface area contributed by atoms with Crippen molar-refractivity contribution in [3.8, 4) is 0 Å². The number of hydrogen-bond acceptors (Lipinski definition) is 2. The van der Waals surface area contributed by atoms with Crippen molar-refractivity contribution in [2.75, 3.05) is 17.7 Å². The van der Waals surface area contributed by atoms with E-state index in [0.717, 1.165) is 31.0 Å². The highest BCUT2D eigenvalue weighted by Crippen LogP contribution is 2.19. The van der Waals surface area contributed by atoms with Gasteiger partial charge < -0.3 is 5.32 Å². The molecule has 0 saturated carbocycles. The molecule has 1 aromatic heterocycles. The fourth-order valence-electron chi connectivity index (χ4n) is 1.27. The Morgan fingerprint density at radius 2 is 2.33 bits per heavy atom. The van der Waals surface area contributed by atoms with Gasteiger partial charge in [-0.2, -0.15) is 0 Å². The van der Waals surface area contributed by atoms with Crippen molar-refractivity contribution < 1.29 is 0 Å². The Morgan fingerprint density at radius 3 is 3.00 bits per heavy atom. The van der Waals surface area contributed by atoms with Crippen LogP contribution >= 0.6 is 23.2 Å². The van der Waals surface area contributed by atoms with Crippen LogP contribution in [0.2, 0.25) is 5.02 Å². The summed E-state index contributed by atoms with van der Waals surface area (Å²) in [6.45, 7) is 3.08. The monoisotopic (exact) mass is 246 g/mol. The molecule has 84 valence electrons. The van der Waals surface area contributed by atoms with Crippen LogP contribution in [-0.4, -0.2) is 17.4 Å². The van der Waals surface area contributed by atoms with E-state index < -0.39 is 0 Å². The van der Waals surface area contributed by atoms with Crippen molar-refractivity contribution in [2.45, 2.75) is 19.8 Å². The second-order valence-electron chi connectivity index (χ2n) is 3.68. The summed E-state index contributed by atoms with van der Waals surface area (Å²) in [7, 11) is 0. The summed E-state index contributed by atoms with van der Waals surface area (Å²) in [6, 6.07) is 1.88. The number of hydrogen-bond donors (Lipinski definition) is 1. The first-order valence-electron chi connectivity index (χ1n) is 5.13. The number of anilines is 1. The van der Waals surface area contributed by atoms with E-state index in [1.165, 1.54) is 0 Å². The van der Waals surface area contributed by atoms with Crippen LogP contribution in [0.15, 0.2) is 18.5 Å². The van der Waals surface area contributed by atoms with Gasteiger partial charge in [-0.25, -0.2) is 0 Å².